The van der Waals surface area contributed by atoms with E-state index < -0.39 is 0 Å². The molecule has 1 fully saturated rings. The predicted octanol–water partition coefficient (Wildman–Crippen LogP) is 2.14. The van der Waals surface area contributed by atoms with Crippen molar-refractivity contribution in [1.82, 2.24) is 5.32 Å². The molecule has 0 saturated carbocycles. The molecule has 0 aromatic heterocycles. The van der Waals surface area contributed by atoms with Gasteiger partial charge in [0.1, 0.15) is 19.0 Å². The summed E-state index contributed by atoms with van der Waals surface area (Å²) in [4.78, 5) is 26.6. The van der Waals surface area contributed by atoms with E-state index in [1.165, 1.54) is 0 Å². The van der Waals surface area contributed by atoms with Crippen LogP contribution in [0.5, 0.6) is 17.2 Å². The highest BCUT2D eigenvalue weighted by Crippen LogP contribution is 2.36. The number of amides is 2. The van der Waals surface area contributed by atoms with Crippen LogP contribution >= 0.6 is 0 Å². The molecule has 2 aromatic rings. The lowest BCUT2D eigenvalue weighted by Crippen LogP contribution is -2.32. The number of hydrogen-bond acceptors (Lipinski definition) is 5. The van der Waals surface area contributed by atoms with Crippen LogP contribution in [0.15, 0.2) is 42.5 Å². The Morgan fingerprint density at radius 3 is 2.64 bits per heavy atom. The number of carbonyl (C=O) groups is 2. The minimum absolute atomic E-state index is 0.0683. The SMILES string of the molecule is COc1ccc(CNC(=O)[C@H]2CC(=O)N(c3ccc4c(c3)OCCO4)C2)cc1. The monoisotopic (exact) mass is 382 g/mol. The van der Waals surface area contributed by atoms with Crippen LogP contribution in [0.25, 0.3) is 0 Å². The van der Waals surface area contributed by atoms with Crippen LogP contribution in [-0.2, 0) is 16.1 Å². The first-order valence-electron chi connectivity index (χ1n) is 9.24. The number of carbonyl (C=O) groups excluding carboxylic acids is 2. The molecule has 1 N–H and O–H groups in total. The Hall–Kier alpha value is -3.22. The molecular formula is C21H22N2O5. The van der Waals surface area contributed by atoms with Gasteiger partial charge in [-0.2, -0.15) is 0 Å². The van der Waals surface area contributed by atoms with Crippen LogP contribution in [0.2, 0.25) is 0 Å². The van der Waals surface area contributed by atoms with Crippen LogP contribution in [0.4, 0.5) is 5.69 Å². The lowest BCUT2D eigenvalue weighted by molar-refractivity contribution is -0.126. The van der Waals surface area contributed by atoms with E-state index in [4.69, 9.17) is 14.2 Å². The summed E-state index contributed by atoms with van der Waals surface area (Å²) in [5.41, 5.74) is 1.70. The zero-order chi connectivity index (χ0) is 19.5. The molecule has 7 heteroatoms. The van der Waals surface area contributed by atoms with Gasteiger partial charge in [-0.05, 0) is 29.8 Å². The molecule has 0 bridgehead atoms. The van der Waals surface area contributed by atoms with Crippen molar-refractivity contribution in [2.24, 2.45) is 5.92 Å². The third-order valence-electron chi connectivity index (χ3n) is 4.96. The normalized spacial score (nSPS) is 18.1. The van der Waals surface area contributed by atoms with E-state index in [0.29, 0.717) is 37.8 Å². The molecule has 146 valence electrons. The third kappa shape index (κ3) is 3.74. The quantitative estimate of drug-likeness (QED) is 0.857. The number of rotatable bonds is 5. The maximum absolute atomic E-state index is 12.5. The molecule has 1 saturated heterocycles. The van der Waals surface area contributed by atoms with E-state index in [1.54, 1.807) is 24.1 Å². The molecule has 2 aliphatic rings. The molecule has 7 nitrogen and oxygen atoms in total. The fraction of sp³-hybridized carbons (Fsp3) is 0.333. The molecule has 1 atom stereocenters. The van der Waals surface area contributed by atoms with E-state index in [-0.39, 0.29) is 24.2 Å². The van der Waals surface area contributed by atoms with E-state index >= 15 is 0 Å². The zero-order valence-electron chi connectivity index (χ0n) is 15.6. The first kappa shape index (κ1) is 18.2. The van der Waals surface area contributed by atoms with Gasteiger partial charge in [0.15, 0.2) is 11.5 Å². The molecular weight excluding hydrogens is 360 g/mol. The highest BCUT2D eigenvalue weighted by molar-refractivity contribution is 6.00. The van der Waals surface area contributed by atoms with E-state index in [9.17, 15) is 9.59 Å². The van der Waals surface area contributed by atoms with E-state index in [0.717, 1.165) is 17.0 Å². The second kappa shape index (κ2) is 7.80. The van der Waals surface area contributed by atoms with Crippen molar-refractivity contribution in [2.45, 2.75) is 13.0 Å². The summed E-state index contributed by atoms with van der Waals surface area (Å²) in [6.45, 7) is 1.77. The van der Waals surface area contributed by atoms with Gasteiger partial charge in [0.25, 0.3) is 0 Å². The number of methoxy groups -OCH3 is 1. The van der Waals surface area contributed by atoms with Crippen molar-refractivity contribution in [3.8, 4) is 17.2 Å². The smallest absolute Gasteiger partial charge is 0.227 e. The number of anilines is 1. The van der Waals surface area contributed by atoms with Crippen molar-refractivity contribution >= 4 is 17.5 Å². The Balaban J connectivity index is 1.37. The van der Waals surface area contributed by atoms with E-state index in [2.05, 4.69) is 5.32 Å². The van der Waals surface area contributed by atoms with Crippen LogP contribution in [0, 0.1) is 5.92 Å². The summed E-state index contributed by atoms with van der Waals surface area (Å²) in [6, 6.07) is 12.9. The molecule has 0 aliphatic carbocycles. The number of hydrogen-bond donors (Lipinski definition) is 1. The predicted molar refractivity (Wildman–Crippen MR) is 103 cm³/mol. The Bertz CT molecular complexity index is 881. The standard InChI is InChI=1S/C21H22N2O5/c1-26-17-5-2-14(3-6-17)12-22-21(25)15-10-20(24)23(13-15)16-4-7-18-19(11-16)28-9-8-27-18/h2-7,11,15H,8-10,12-13H2,1H3,(H,22,25)/t15-/m0/s1. The van der Waals surface area contributed by atoms with Crippen molar-refractivity contribution in [3.63, 3.8) is 0 Å². The van der Waals surface area contributed by atoms with Gasteiger partial charge in [0.05, 0.1) is 13.0 Å². The third-order valence-corrected chi connectivity index (χ3v) is 4.96. The topological polar surface area (TPSA) is 77.1 Å². The largest absolute Gasteiger partial charge is 0.497 e. The summed E-state index contributed by atoms with van der Waals surface area (Å²) in [5, 5.41) is 2.92. The number of ether oxygens (including phenoxy) is 3. The van der Waals surface area contributed by atoms with Gasteiger partial charge in [0.2, 0.25) is 11.8 Å². The molecule has 2 heterocycles. The minimum Gasteiger partial charge on any atom is -0.497 e. The molecule has 0 unspecified atom stereocenters. The van der Waals surface area contributed by atoms with Gasteiger partial charge >= 0.3 is 0 Å². The Morgan fingerprint density at radius 2 is 1.89 bits per heavy atom. The lowest BCUT2D eigenvalue weighted by Gasteiger charge is -2.22. The molecule has 4 rings (SSSR count). The van der Waals surface area contributed by atoms with Crippen molar-refractivity contribution in [2.75, 3.05) is 31.8 Å². The van der Waals surface area contributed by atoms with Gasteiger partial charge in [-0.3, -0.25) is 9.59 Å². The number of nitrogens with zero attached hydrogens (tertiary/aromatic N) is 1. The van der Waals surface area contributed by atoms with Gasteiger partial charge in [-0.15, -0.1) is 0 Å². The highest BCUT2D eigenvalue weighted by atomic mass is 16.6. The van der Waals surface area contributed by atoms with Gasteiger partial charge in [-0.1, -0.05) is 12.1 Å². The molecule has 2 aromatic carbocycles. The second-order valence-electron chi connectivity index (χ2n) is 6.80. The fourth-order valence-electron chi connectivity index (χ4n) is 3.41. The van der Waals surface area contributed by atoms with Gasteiger partial charge in [-0.25, -0.2) is 0 Å². The summed E-state index contributed by atoms with van der Waals surface area (Å²) in [5.74, 6) is 1.51. The average molecular weight is 382 g/mol. The van der Waals surface area contributed by atoms with Gasteiger partial charge in [0, 0.05) is 31.3 Å². The summed E-state index contributed by atoms with van der Waals surface area (Å²) < 4.78 is 16.2. The molecule has 0 spiro atoms. The van der Waals surface area contributed by atoms with E-state index in [1.807, 2.05) is 30.3 Å². The van der Waals surface area contributed by atoms with Crippen molar-refractivity contribution < 1.29 is 23.8 Å². The zero-order valence-corrected chi connectivity index (χ0v) is 15.6. The Morgan fingerprint density at radius 1 is 1.14 bits per heavy atom. The number of benzene rings is 2. The Kier molecular flexibility index (Phi) is 5.06. The van der Waals surface area contributed by atoms with Crippen molar-refractivity contribution in [3.05, 3.63) is 48.0 Å². The minimum atomic E-state index is -0.376. The maximum atomic E-state index is 12.5. The molecule has 2 amide bonds. The fourth-order valence-corrected chi connectivity index (χ4v) is 3.41. The first-order valence-corrected chi connectivity index (χ1v) is 9.24. The average Bonchev–Trinajstić information content (AvgIpc) is 3.13. The van der Waals surface area contributed by atoms with Crippen molar-refractivity contribution in [1.29, 1.82) is 0 Å². The number of fused-ring (bicyclic) bond motifs is 1. The molecule has 2 aliphatic heterocycles. The van der Waals surface area contributed by atoms with Crippen LogP contribution < -0.4 is 24.4 Å². The van der Waals surface area contributed by atoms with Gasteiger partial charge < -0.3 is 24.4 Å². The highest BCUT2D eigenvalue weighted by Gasteiger charge is 2.35. The Labute approximate surface area is 163 Å². The van der Waals surface area contributed by atoms with Crippen LogP contribution in [-0.4, -0.2) is 38.7 Å². The molecule has 28 heavy (non-hydrogen) atoms. The summed E-state index contributed by atoms with van der Waals surface area (Å²) in [7, 11) is 1.61. The maximum Gasteiger partial charge on any atom is 0.227 e. The summed E-state index contributed by atoms with van der Waals surface area (Å²) >= 11 is 0. The van der Waals surface area contributed by atoms with Crippen LogP contribution in [0.1, 0.15) is 12.0 Å². The summed E-state index contributed by atoms with van der Waals surface area (Å²) in [6.07, 6.45) is 0.197. The number of nitrogens with one attached hydrogen (secondary N) is 1. The lowest BCUT2D eigenvalue weighted by atomic mass is 10.1. The first-order chi connectivity index (χ1) is 13.6. The van der Waals surface area contributed by atoms with Crippen LogP contribution in [0.3, 0.4) is 0 Å². The second-order valence-corrected chi connectivity index (χ2v) is 6.80. The molecule has 0 radical (unpaired) electrons.